The molecular formula is C19H22O4. The van der Waals surface area contributed by atoms with E-state index in [1.165, 1.54) is 0 Å². The summed E-state index contributed by atoms with van der Waals surface area (Å²) in [5.74, 6) is 0.00426. The van der Waals surface area contributed by atoms with Crippen molar-refractivity contribution in [2.75, 3.05) is 13.7 Å². The number of hydrogen-bond acceptors (Lipinski definition) is 3. The lowest BCUT2D eigenvalue weighted by Crippen LogP contribution is -2.16. The van der Waals surface area contributed by atoms with Crippen LogP contribution in [0.2, 0.25) is 0 Å². The van der Waals surface area contributed by atoms with Crippen molar-refractivity contribution in [1.29, 1.82) is 0 Å². The Kier molecular flexibility index (Phi) is 5.63. The first-order chi connectivity index (χ1) is 11.1. The zero-order valence-electron chi connectivity index (χ0n) is 13.7. The first kappa shape index (κ1) is 16.9. The monoisotopic (exact) mass is 314 g/mol. The summed E-state index contributed by atoms with van der Waals surface area (Å²) < 4.78 is 10.8. The number of ether oxygens (including phenoxy) is 2. The summed E-state index contributed by atoms with van der Waals surface area (Å²) in [5, 5.41) is 9.69. The fraction of sp³-hybridized carbons (Fsp3) is 0.316. The maximum atomic E-state index is 11.8. The van der Waals surface area contributed by atoms with E-state index >= 15 is 0 Å². The van der Waals surface area contributed by atoms with Gasteiger partial charge >= 0.3 is 5.97 Å². The van der Waals surface area contributed by atoms with E-state index in [-0.39, 0.29) is 0 Å². The van der Waals surface area contributed by atoms with Crippen LogP contribution in [-0.4, -0.2) is 24.8 Å². The lowest BCUT2D eigenvalue weighted by molar-refractivity contribution is -0.138. The summed E-state index contributed by atoms with van der Waals surface area (Å²) in [4.78, 5) is 11.8. The minimum absolute atomic E-state index is 0.388. The highest BCUT2D eigenvalue weighted by Crippen LogP contribution is 2.30. The molecule has 0 aliphatic heterocycles. The summed E-state index contributed by atoms with van der Waals surface area (Å²) in [7, 11) is 1.60. The molecule has 0 aliphatic carbocycles. The number of methoxy groups -OCH3 is 1. The van der Waals surface area contributed by atoms with Crippen LogP contribution in [0.3, 0.4) is 0 Å². The molecule has 1 atom stereocenters. The first-order valence-corrected chi connectivity index (χ1v) is 7.64. The molecule has 0 saturated heterocycles. The van der Waals surface area contributed by atoms with E-state index in [0.29, 0.717) is 13.0 Å². The Balaban J connectivity index is 2.35. The number of hydrogen-bond donors (Lipinski definition) is 1. The lowest BCUT2D eigenvalue weighted by Gasteiger charge is -2.18. The SMILES string of the molecule is CCOc1ccccc1CC(C(=O)O)c1ccc(OC)cc1C. The number of carbonyl (C=O) groups is 1. The Morgan fingerprint density at radius 3 is 2.57 bits per heavy atom. The van der Waals surface area contributed by atoms with Gasteiger partial charge in [0, 0.05) is 0 Å². The number of benzene rings is 2. The summed E-state index contributed by atoms with van der Waals surface area (Å²) in [6, 6.07) is 13.1. The van der Waals surface area contributed by atoms with Gasteiger partial charge in [-0.2, -0.15) is 0 Å². The van der Waals surface area contributed by atoms with Gasteiger partial charge in [0.05, 0.1) is 19.6 Å². The molecule has 4 nitrogen and oxygen atoms in total. The number of carboxylic acids is 1. The van der Waals surface area contributed by atoms with Crippen molar-refractivity contribution < 1.29 is 19.4 Å². The summed E-state index contributed by atoms with van der Waals surface area (Å²) in [6.45, 7) is 4.37. The van der Waals surface area contributed by atoms with Crippen molar-refractivity contribution in [3.05, 3.63) is 59.2 Å². The van der Waals surface area contributed by atoms with Crippen LogP contribution >= 0.6 is 0 Å². The van der Waals surface area contributed by atoms with Crippen LogP contribution in [0.1, 0.15) is 29.5 Å². The van der Waals surface area contributed by atoms with E-state index in [1.807, 2.05) is 50.2 Å². The summed E-state index contributed by atoms with van der Waals surface area (Å²) in [6.07, 6.45) is 0.388. The zero-order valence-corrected chi connectivity index (χ0v) is 13.7. The van der Waals surface area contributed by atoms with Crippen LogP contribution in [0.15, 0.2) is 42.5 Å². The minimum atomic E-state index is -0.843. The minimum Gasteiger partial charge on any atom is -0.497 e. The Morgan fingerprint density at radius 2 is 1.96 bits per heavy atom. The van der Waals surface area contributed by atoms with Crippen LogP contribution in [0.25, 0.3) is 0 Å². The molecule has 0 radical (unpaired) electrons. The predicted molar refractivity (Wildman–Crippen MR) is 89.4 cm³/mol. The molecular weight excluding hydrogens is 292 g/mol. The number of aryl methyl sites for hydroxylation is 1. The number of aliphatic carboxylic acids is 1. The smallest absolute Gasteiger partial charge is 0.311 e. The largest absolute Gasteiger partial charge is 0.497 e. The fourth-order valence-corrected chi connectivity index (χ4v) is 2.69. The van der Waals surface area contributed by atoms with Crippen molar-refractivity contribution in [2.45, 2.75) is 26.2 Å². The summed E-state index contributed by atoms with van der Waals surface area (Å²) in [5.41, 5.74) is 2.60. The van der Waals surface area contributed by atoms with Crippen molar-refractivity contribution >= 4 is 5.97 Å². The number of para-hydroxylation sites is 1. The molecule has 2 aromatic carbocycles. The maximum Gasteiger partial charge on any atom is 0.311 e. The Hall–Kier alpha value is -2.49. The number of carboxylic acid groups (broad SMARTS) is 1. The van der Waals surface area contributed by atoms with E-state index in [0.717, 1.165) is 28.2 Å². The topological polar surface area (TPSA) is 55.8 Å². The molecule has 2 aromatic rings. The van der Waals surface area contributed by atoms with E-state index in [9.17, 15) is 9.90 Å². The highest BCUT2D eigenvalue weighted by atomic mass is 16.5. The first-order valence-electron chi connectivity index (χ1n) is 7.64. The molecule has 0 aliphatic rings. The number of rotatable bonds is 7. The average Bonchev–Trinajstić information content (AvgIpc) is 2.54. The second-order valence-electron chi connectivity index (χ2n) is 5.36. The lowest BCUT2D eigenvalue weighted by atomic mass is 9.89. The molecule has 0 bridgehead atoms. The Morgan fingerprint density at radius 1 is 1.22 bits per heavy atom. The Labute approximate surface area is 136 Å². The van der Waals surface area contributed by atoms with Crippen LogP contribution in [0.4, 0.5) is 0 Å². The highest BCUT2D eigenvalue weighted by molar-refractivity contribution is 5.77. The van der Waals surface area contributed by atoms with Crippen molar-refractivity contribution in [3.63, 3.8) is 0 Å². The van der Waals surface area contributed by atoms with Gasteiger partial charge in [-0.3, -0.25) is 4.79 Å². The molecule has 0 aromatic heterocycles. The van der Waals surface area contributed by atoms with Crippen molar-refractivity contribution in [3.8, 4) is 11.5 Å². The molecule has 1 N–H and O–H groups in total. The molecule has 0 amide bonds. The normalized spacial score (nSPS) is 11.8. The predicted octanol–water partition coefficient (Wildman–Crippen LogP) is 3.81. The van der Waals surface area contributed by atoms with Gasteiger partial charge < -0.3 is 14.6 Å². The maximum absolute atomic E-state index is 11.8. The Bertz CT molecular complexity index is 679. The van der Waals surface area contributed by atoms with Crippen molar-refractivity contribution in [1.82, 2.24) is 0 Å². The molecule has 2 rings (SSSR count). The molecule has 0 spiro atoms. The molecule has 23 heavy (non-hydrogen) atoms. The highest BCUT2D eigenvalue weighted by Gasteiger charge is 2.23. The van der Waals surface area contributed by atoms with Crippen LogP contribution < -0.4 is 9.47 Å². The third-order valence-corrected chi connectivity index (χ3v) is 3.85. The molecule has 122 valence electrons. The van der Waals surface area contributed by atoms with Crippen LogP contribution in [-0.2, 0) is 11.2 Å². The zero-order chi connectivity index (χ0) is 16.8. The van der Waals surface area contributed by atoms with E-state index in [2.05, 4.69) is 0 Å². The van der Waals surface area contributed by atoms with Gasteiger partial charge in [0.2, 0.25) is 0 Å². The van der Waals surface area contributed by atoms with Gasteiger partial charge in [-0.05, 0) is 55.2 Å². The third-order valence-electron chi connectivity index (χ3n) is 3.85. The fourth-order valence-electron chi connectivity index (χ4n) is 2.69. The van der Waals surface area contributed by atoms with E-state index < -0.39 is 11.9 Å². The van der Waals surface area contributed by atoms with Crippen LogP contribution in [0.5, 0.6) is 11.5 Å². The molecule has 1 unspecified atom stereocenters. The van der Waals surface area contributed by atoms with Crippen LogP contribution in [0, 0.1) is 6.92 Å². The second-order valence-corrected chi connectivity index (χ2v) is 5.36. The van der Waals surface area contributed by atoms with Gasteiger partial charge in [0.15, 0.2) is 0 Å². The van der Waals surface area contributed by atoms with E-state index in [1.54, 1.807) is 13.2 Å². The average molecular weight is 314 g/mol. The molecule has 0 fully saturated rings. The third kappa shape index (κ3) is 4.03. The van der Waals surface area contributed by atoms with E-state index in [4.69, 9.17) is 9.47 Å². The summed E-state index contributed by atoms with van der Waals surface area (Å²) >= 11 is 0. The van der Waals surface area contributed by atoms with Gasteiger partial charge in [-0.15, -0.1) is 0 Å². The molecule has 0 heterocycles. The van der Waals surface area contributed by atoms with Gasteiger partial charge in [0.25, 0.3) is 0 Å². The van der Waals surface area contributed by atoms with Gasteiger partial charge in [-0.1, -0.05) is 24.3 Å². The quantitative estimate of drug-likeness (QED) is 0.844. The van der Waals surface area contributed by atoms with Gasteiger partial charge in [0.1, 0.15) is 11.5 Å². The standard InChI is InChI=1S/C19H22O4/c1-4-23-18-8-6-5-7-14(18)12-17(19(20)21)16-10-9-15(22-3)11-13(16)2/h5-11,17H,4,12H2,1-3H3,(H,20,21). The second kappa shape index (κ2) is 7.68. The molecule has 4 heteroatoms. The van der Waals surface area contributed by atoms with Crippen molar-refractivity contribution in [2.24, 2.45) is 0 Å². The van der Waals surface area contributed by atoms with Gasteiger partial charge in [-0.25, -0.2) is 0 Å². The molecule has 0 saturated carbocycles.